The van der Waals surface area contributed by atoms with Crippen LogP contribution in [0.15, 0.2) is 106 Å². The van der Waals surface area contributed by atoms with Crippen LogP contribution in [0, 0.1) is 0 Å². The van der Waals surface area contributed by atoms with E-state index in [1.807, 2.05) is 30.5 Å². The van der Waals surface area contributed by atoms with Gasteiger partial charge in [-0.3, -0.25) is 9.36 Å². The second-order valence-corrected chi connectivity index (χ2v) is 17.1. The monoisotopic (exact) mass is 918 g/mol. The lowest BCUT2D eigenvalue weighted by molar-refractivity contribution is -0.0940. The van der Waals surface area contributed by atoms with Gasteiger partial charge in [0.2, 0.25) is 0 Å². The van der Waals surface area contributed by atoms with Crippen LogP contribution in [0.3, 0.4) is 0 Å². The van der Waals surface area contributed by atoms with Gasteiger partial charge in [0.15, 0.2) is 6.29 Å². The largest absolute Gasteiger partial charge is 0.381 e. The van der Waals surface area contributed by atoms with E-state index in [0.717, 1.165) is 39.2 Å². The van der Waals surface area contributed by atoms with Crippen LogP contribution < -0.4 is 11.1 Å². The number of nitrogens with zero attached hydrogens (tertiary/aromatic N) is 2. The zero-order chi connectivity index (χ0) is 42.8. The molecule has 1 saturated heterocycles. The summed E-state index contributed by atoms with van der Waals surface area (Å²) in [4.78, 5) is 17.2. The molecule has 0 atom stereocenters. The van der Waals surface area contributed by atoms with Gasteiger partial charge < -0.3 is 25.3 Å². The van der Waals surface area contributed by atoms with Crippen LogP contribution in [0.5, 0.6) is 0 Å². The van der Waals surface area contributed by atoms with E-state index in [2.05, 4.69) is 169 Å². The van der Waals surface area contributed by atoms with Crippen LogP contribution in [0.25, 0.3) is 17.1 Å². The summed E-state index contributed by atoms with van der Waals surface area (Å²) in [5, 5.41) is 3.12. The van der Waals surface area contributed by atoms with Crippen LogP contribution in [-0.4, -0.2) is 55.7 Å². The molecule has 0 radical (unpaired) electrons. The molecule has 0 unspecified atom stereocenters. The molecule has 3 N–H and O–H groups in total. The Hall–Kier alpha value is -3.64. The molecule has 0 saturated carbocycles. The highest BCUT2D eigenvalue weighted by Crippen LogP contribution is 2.35. The first kappa shape index (κ1) is 48.7. The second-order valence-electron chi connectivity index (χ2n) is 15.3. The smallest absolute Gasteiger partial charge is 0.255 e. The number of aromatic nitrogens is 2. The molecule has 4 aromatic carbocycles. The summed E-state index contributed by atoms with van der Waals surface area (Å²) >= 11 is 6.90. The number of ether oxygens (including phenoxy) is 3. The van der Waals surface area contributed by atoms with Gasteiger partial charge in [0.05, 0.1) is 5.69 Å². The summed E-state index contributed by atoms with van der Waals surface area (Å²) in [5.74, 6) is 2.55. The van der Waals surface area contributed by atoms with E-state index in [1.54, 1.807) is 14.2 Å². The number of para-hydroxylation sites is 2. The minimum Gasteiger partial charge on any atom is -0.381 e. The average molecular weight is 921 g/mol. The second kappa shape index (κ2) is 25.1. The fraction of sp³-hybridized carbons (Fsp3) is 0.417. The quantitative estimate of drug-likeness (QED) is 0.128. The van der Waals surface area contributed by atoms with Gasteiger partial charge in [-0.15, -0.1) is 0 Å². The average Bonchev–Trinajstić information content (AvgIpc) is 3.96. The number of rotatable bonds is 11. The van der Waals surface area contributed by atoms with Gasteiger partial charge in [-0.05, 0) is 95.2 Å². The number of hydrogen-bond acceptors (Lipinski definition) is 6. The van der Waals surface area contributed by atoms with Crippen molar-refractivity contribution < 1.29 is 19.0 Å². The zero-order valence-electron chi connectivity index (χ0n) is 36.0. The number of carbonyl (C=O) groups is 1. The maximum Gasteiger partial charge on any atom is 0.255 e. The van der Waals surface area contributed by atoms with Crippen LogP contribution in [0.2, 0.25) is 0 Å². The Morgan fingerprint density at radius 2 is 1.17 bits per heavy atom. The number of nitrogens with one attached hydrogen (secondary N) is 1. The third kappa shape index (κ3) is 14.6. The lowest BCUT2D eigenvalue weighted by atomic mass is 9.92. The molecule has 314 valence electrons. The SMILES string of the molecule is C1CCOC1.CC(C)c1cccc(C(C)C)c1-n1ccnc1-c1ccc(Br)cc1.CC(C)c1cccc(C(C)C)c1NC(=O)c1ccc(Br)cc1.COC(CN)OC. The molecular weight excluding hydrogens is 856 g/mol. The van der Waals surface area contributed by atoms with Crippen molar-refractivity contribution in [3.05, 3.63) is 134 Å². The predicted octanol–water partition coefficient (Wildman–Crippen LogP) is 12.9. The minimum absolute atomic E-state index is 0.0671. The van der Waals surface area contributed by atoms with Gasteiger partial charge in [0.25, 0.3) is 5.91 Å². The van der Waals surface area contributed by atoms with Crippen LogP contribution in [0.1, 0.15) is 125 Å². The van der Waals surface area contributed by atoms with Crippen molar-refractivity contribution in [2.45, 2.75) is 98.2 Å². The molecule has 6 rings (SSSR count). The molecule has 8 nitrogen and oxygen atoms in total. The molecule has 0 aliphatic carbocycles. The molecule has 58 heavy (non-hydrogen) atoms. The van der Waals surface area contributed by atoms with Crippen molar-refractivity contribution in [2.75, 3.05) is 39.3 Å². The van der Waals surface area contributed by atoms with E-state index in [1.165, 1.54) is 40.8 Å². The molecule has 2 heterocycles. The molecule has 5 aromatic rings. The summed E-state index contributed by atoms with van der Waals surface area (Å²) in [7, 11) is 3.11. The number of methoxy groups -OCH3 is 2. The van der Waals surface area contributed by atoms with Crippen molar-refractivity contribution in [1.29, 1.82) is 0 Å². The van der Waals surface area contributed by atoms with Crippen molar-refractivity contribution in [2.24, 2.45) is 5.73 Å². The first-order valence-electron chi connectivity index (χ1n) is 20.2. The van der Waals surface area contributed by atoms with Gasteiger partial charge in [-0.25, -0.2) is 4.98 Å². The van der Waals surface area contributed by atoms with Crippen molar-refractivity contribution in [3.8, 4) is 17.1 Å². The number of anilines is 1. The molecule has 1 aromatic heterocycles. The number of amides is 1. The van der Waals surface area contributed by atoms with Gasteiger partial charge in [-0.1, -0.05) is 136 Å². The first-order valence-corrected chi connectivity index (χ1v) is 21.8. The molecule has 0 spiro atoms. The Morgan fingerprint density at radius 3 is 1.55 bits per heavy atom. The first-order chi connectivity index (χ1) is 27.7. The normalized spacial score (nSPS) is 12.2. The Bertz CT molecular complexity index is 1880. The van der Waals surface area contributed by atoms with Gasteiger partial charge in [0.1, 0.15) is 5.82 Å². The topological polar surface area (TPSA) is 101 Å². The van der Waals surface area contributed by atoms with E-state index in [4.69, 9.17) is 19.9 Å². The maximum absolute atomic E-state index is 12.5. The predicted molar refractivity (Wildman–Crippen MR) is 249 cm³/mol. The zero-order valence-corrected chi connectivity index (χ0v) is 39.2. The van der Waals surface area contributed by atoms with Crippen LogP contribution in [0.4, 0.5) is 5.69 Å². The van der Waals surface area contributed by atoms with Crippen LogP contribution in [-0.2, 0) is 14.2 Å². The lowest BCUT2D eigenvalue weighted by Gasteiger charge is -2.21. The highest BCUT2D eigenvalue weighted by atomic mass is 79.9. The minimum atomic E-state index is -0.236. The Labute approximate surface area is 364 Å². The van der Waals surface area contributed by atoms with Gasteiger partial charge in [-0.2, -0.15) is 0 Å². The molecule has 1 fully saturated rings. The third-order valence-electron chi connectivity index (χ3n) is 9.59. The summed E-state index contributed by atoms with van der Waals surface area (Å²) in [6, 6.07) is 28.6. The summed E-state index contributed by atoms with van der Waals surface area (Å²) in [5.41, 5.74) is 14.2. The fourth-order valence-electron chi connectivity index (χ4n) is 6.37. The Kier molecular flexibility index (Phi) is 21.1. The number of halogens is 2. The van der Waals surface area contributed by atoms with E-state index >= 15 is 0 Å². The third-order valence-corrected chi connectivity index (χ3v) is 10.6. The van der Waals surface area contributed by atoms with E-state index in [-0.39, 0.29) is 12.2 Å². The Morgan fingerprint density at radius 1 is 0.724 bits per heavy atom. The Balaban J connectivity index is 0.000000242. The number of hydrogen-bond donors (Lipinski definition) is 2. The highest BCUT2D eigenvalue weighted by Gasteiger charge is 2.19. The molecule has 1 amide bonds. The van der Waals surface area contributed by atoms with E-state index in [0.29, 0.717) is 35.8 Å². The van der Waals surface area contributed by atoms with Crippen molar-refractivity contribution in [1.82, 2.24) is 9.55 Å². The summed E-state index contributed by atoms with van der Waals surface area (Å²) in [6.45, 7) is 20.0. The summed E-state index contributed by atoms with van der Waals surface area (Å²) in [6.07, 6.45) is 6.28. The maximum atomic E-state index is 12.5. The molecule has 0 bridgehead atoms. The van der Waals surface area contributed by atoms with Crippen molar-refractivity contribution >= 4 is 43.5 Å². The lowest BCUT2D eigenvalue weighted by Crippen LogP contribution is -2.23. The van der Waals surface area contributed by atoms with Crippen LogP contribution >= 0.6 is 31.9 Å². The molecule has 1 aliphatic rings. The molecule has 1 aliphatic heterocycles. The number of imidazole rings is 1. The number of benzene rings is 4. The highest BCUT2D eigenvalue weighted by molar-refractivity contribution is 9.10. The van der Waals surface area contributed by atoms with Gasteiger partial charge >= 0.3 is 0 Å². The van der Waals surface area contributed by atoms with E-state index < -0.39 is 0 Å². The molecular formula is C48H64Br2N4O4. The van der Waals surface area contributed by atoms with E-state index in [9.17, 15) is 4.79 Å². The molecule has 10 heteroatoms. The standard InChI is InChI=1S/C21H23BrN2.C19H22BrNO.C4H11NO2.C4H8O/c1-14(2)18-6-5-7-19(15(3)4)20(18)24-13-12-23-21(24)16-8-10-17(22)11-9-16;1-12(2)16-6-5-7-17(13(3)4)18(16)21-19(22)14-8-10-15(20)11-9-14;1-6-4(3-5)7-2;1-2-4-5-3-1/h5-15H,1-4H3;5-13H,1-4H3,(H,21,22);4H,3,5H2,1-2H3;1-4H2. The number of nitrogens with two attached hydrogens (primary N) is 1. The van der Waals surface area contributed by atoms with Crippen molar-refractivity contribution in [3.63, 3.8) is 0 Å². The summed E-state index contributed by atoms with van der Waals surface area (Å²) < 4.78 is 18.6. The fourth-order valence-corrected chi connectivity index (χ4v) is 6.90. The number of carbonyl (C=O) groups excluding carboxylic acids is 1. The van der Waals surface area contributed by atoms with Gasteiger partial charge in [0, 0.05) is 72.1 Å².